The number of hydrogen-bond acceptors (Lipinski definition) is 6. The van der Waals surface area contributed by atoms with Gasteiger partial charge in [0.05, 0.1) is 22.9 Å². The summed E-state index contributed by atoms with van der Waals surface area (Å²) in [5.74, 6) is 0.155. The van der Waals surface area contributed by atoms with E-state index in [1.165, 1.54) is 26.4 Å². The van der Waals surface area contributed by atoms with Gasteiger partial charge in [0.25, 0.3) is 5.91 Å². The SMILES string of the molecule is COCc1nc(OC)c2c(C)c(C(=O)Nc3ccc(Br)c(C(F)(F)F)c3)sc2n1. The smallest absolute Gasteiger partial charge is 0.417 e. The number of carbonyl (C=O) groups is 1. The number of ether oxygens (including phenoxy) is 2. The highest BCUT2D eigenvalue weighted by Gasteiger charge is 2.33. The van der Waals surface area contributed by atoms with Crippen LogP contribution in [0.5, 0.6) is 5.88 Å². The molecule has 0 fully saturated rings. The minimum atomic E-state index is -4.55. The molecule has 0 atom stereocenters. The maximum absolute atomic E-state index is 13.1. The molecule has 0 unspecified atom stereocenters. The van der Waals surface area contributed by atoms with E-state index >= 15 is 0 Å². The van der Waals surface area contributed by atoms with Gasteiger partial charge in [0, 0.05) is 17.3 Å². The number of anilines is 1. The van der Waals surface area contributed by atoms with E-state index in [9.17, 15) is 18.0 Å². The Bertz CT molecular complexity index is 1090. The van der Waals surface area contributed by atoms with Crippen LogP contribution < -0.4 is 10.1 Å². The number of amides is 1. The van der Waals surface area contributed by atoms with Gasteiger partial charge in [0.15, 0.2) is 5.82 Å². The summed E-state index contributed by atoms with van der Waals surface area (Å²) >= 11 is 3.98. The van der Waals surface area contributed by atoms with Crippen molar-refractivity contribution in [1.82, 2.24) is 9.97 Å². The molecule has 11 heteroatoms. The molecular formula is C18H15BrF3N3O3S. The normalized spacial score (nSPS) is 11.7. The van der Waals surface area contributed by atoms with Crippen LogP contribution in [0, 0.1) is 6.92 Å². The topological polar surface area (TPSA) is 73.3 Å². The van der Waals surface area contributed by atoms with Crippen molar-refractivity contribution in [3.8, 4) is 5.88 Å². The van der Waals surface area contributed by atoms with E-state index in [1.807, 2.05) is 0 Å². The molecule has 1 amide bonds. The Balaban J connectivity index is 1.99. The van der Waals surface area contributed by atoms with Crippen molar-refractivity contribution in [2.45, 2.75) is 19.7 Å². The standard InChI is InChI=1S/C18H15BrF3N3O3S/c1-8-13-16(28-3)24-12(7-27-2)25-17(13)29-14(8)15(26)23-9-4-5-11(19)10(6-9)18(20,21)22/h4-6H,7H2,1-3H3,(H,23,26). The zero-order valence-electron chi connectivity index (χ0n) is 15.5. The van der Waals surface area contributed by atoms with Crippen LogP contribution in [-0.4, -0.2) is 30.1 Å². The second-order valence-corrected chi connectivity index (χ2v) is 7.82. The molecule has 0 aliphatic rings. The quantitative estimate of drug-likeness (QED) is 0.533. The molecule has 0 saturated heterocycles. The molecule has 1 aromatic carbocycles. The average molecular weight is 490 g/mol. The van der Waals surface area contributed by atoms with E-state index < -0.39 is 17.6 Å². The number of thiophene rings is 1. The molecule has 3 aromatic rings. The van der Waals surface area contributed by atoms with Crippen LogP contribution in [0.4, 0.5) is 18.9 Å². The van der Waals surface area contributed by atoms with Crippen molar-refractivity contribution >= 4 is 49.1 Å². The number of halogens is 4. The van der Waals surface area contributed by atoms with Crippen LogP contribution in [0.3, 0.4) is 0 Å². The maximum Gasteiger partial charge on any atom is 0.417 e. The number of benzene rings is 1. The fourth-order valence-corrected chi connectivity index (χ4v) is 4.27. The summed E-state index contributed by atoms with van der Waals surface area (Å²) < 4.78 is 49.5. The Labute approximate surface area is 176 Å². The summed E-state index contributed by atoms with van der Waals surface area (Å²) in [7, 11) is 2.96. The van der Waals surface area contributed by atoms with Crippen LogP contribution in [0.2, 0.25) is 0 Å². The van der Waals surface area contributed by atoms with E-state index in [1.54, 1.807) is 6.92 Å². The number of methoxy groups -OCH3 is 2. The number of nitrogens with zero attached hydrogens (tertiary/aromatic N) is 2. The largest absolute Gasteiger partial charge is 0.480 e. The van der Waals surface area contributed by atoms with Crippen LogP contribution >= 0.6 is 27.3 Å². The van der Waals surface area contributed by atoms with Crippen LogP contribution in [0.15, 0.2) is 22.7 Å². The van der Waals surface area contributed by atoms with Crippen molar-refractivity contribution in [3.63, 3.8) is 0 Å². The average Bonchev–Trinajstić information content (AvgIpc) is 2.99. The summed E-state index contributed by atoms with van der Waals surface area (Å²) in [4.78, 5) is 22.2. The van der Waals surface area contributed by atoms with Crippen molar-refractivity contribution in [2.24, 2.45) is 0 Å². The van der Waals surface area contributed by atoms with Crippen molar-refractivity contribution < 1.29 is 27.4 Å². The molecule has 6 nitrogen and oxygen atoms in total. The Morgan fingerprint density at radius 2 is 2.00 bits per heavy atom. The fourth-order valence-electron chi connectivity index (χ4n) is 2.71. The van der Waals surface area contributed by atoms with E-state index in [0.717, 1.165) is 17.4 Å². The van der Waals surface area contributed by atoms with Gasteiger partial charge < -0.3 is 14.8 Å². The summed E-state index contributed by atoms with van der Waals surface area (Å²) in [5.41, 5.74) is -0.267. The number of carbonyl (C=O) groups excluding carboxylic acids is 1. The molecule has 1 N–H and O–H groups in total. The van der Waals surface area contributed by atoms with Crippen molar-refractivity contribution in [1.29, 1.82) is 0 Å². The lowest BCUT2D eigenvalue weighted by Gasteiger charge is -2.12. The number of aromatic nitrogens is 2. The number of hydrogen-bond donors (Lipinski definition) is 1. The minimum absolute atomic E-state index is 0.0282. The highest BCUT2D eigenvalue weighted by molar-refractivity contribution is 9.10. The van der Waals surface area contributed by atoms with Gasteiger partial charge in [0.2, 0.25) is 5.88 Å². The van der Waals surface area contributed by atoms with Crippen molar-refractivity contribution in [2.75, 3.05) is 19.5 Å². The highest BCUT2D eigenvalue weighted by Crippen LogP contribution is 2.38. The molecule has 154 valence electrons. The van der Waals surface area contributed by atoms with Crippen LogP contribution in [-0.2, 0) is 17.5 Å². The van der Waals surface area contributed by atoms with Gasteiger partial charge in [-0.05, 0) is 30.7 Å². The minimum Gasteiger partial charge on any atom is -0.480 e. The first kappa shape index (κ1) is 21.5. The number of fused-ring (bicyclic) bond motifs is 1. The Kier molecular flexibility index (Phi) is 6.11. The lowest BCUT2D eigenvalue weighted by Crippen LogP contribution is -2.13. The molecular weight excluding hydrogens is 475 g/mol. The molecule has 0 radical (unpaired) electrons. The monoisotopic (exact) mass is 489 g/mol. The third-order valence-electron chi connectivity index (χ3n) is 4.01. The van der Waals surface area contributed by atoms with Crippen molar-refractivity contribution in [3.05, 3.63) is 44.5 Å². The molecule has 0 spiro atoms. The van der Waals surface area contributed by atoms with Gasteiger partial charge in [-0.1, -0.05) is 15.9 Å². The second-order valence-electron chi connectivity index (χ2n) is 5.96. The van der Waals surface area contributed by atoms with Gasteiger partial charge >= 0.3 is 6.18 Å². The summed E-state index contributed by atoms with van der Waals surface area (Å²) in [5, 5.41) is 3.09. The molecule has 0 aliphatic heterocycles. The lowest BCUT2D eigenvalue weighted by atomic mass is 10.1. The molecule has 29 heavy (non-hydrogen) atoms. The first-order valence-corrected chi connectivity index (χ1v) is 9.77. The lowest BCUT2D eigenvalue weighted by molar-refractivity contribution is -0.138. The van der Waals surface area contributed by atoms with E-state index in [4.69, 9.17) is 9.47 Å². The molecule has 0 saturated carbocycles. The Morgan fingerprint density at radius 3 is 2.62 bits per heavy atom. The first-order chi connectivity index (χ1) is 13.7. The number of aryl methyl sites for hydroxylation is 1. The number of alkyl halides is 3. The summed E-state index contributed by atoms with van der Waals surface area (Å²) in [6.45, 7) is 1.88. The van der Waals surface area contributed by atoms with E-state index in [2.05, 4.69) is 31.2 Å². The van der Waals surface area contributed by atoms with Gasteiger partial charge in [-0.15, -0.1) is 11.3 Å². The van der Waals surface area contributed by atoms with Gasteiger partial charge in [-0.25, -0.2) is 4.98 Å². The van der Waals surface area contributed by atoms with Gasteiger partial charge in [-0.3, -0.25) is 4.79 Å². The third-order valence-corrected chi connectivity index (χ3v) is 5.88. The van der Waals surface area contributed by atoms with E-state index in [0.29, 0.717) is 32.4 Å². The third kappa shape index (κ3) is 4.36. The molecule has 3 rings (SSSR count). The maximum atomic E-state index is 13.1. The molecule has 0 aliphatic carbocycles. The Morgan fingerprint density at radius 1 is 1.28 bits per heavy atom. The predicted molar refractivity (Wildman–Crippen MR) is 107 cm³/mol. The number of rotatable bonds is 5. The summed E-state index contributed by atoms with van der Waals surface area (Å²) in [6, 6.07) is 3.50. The molecule has 2 aromatic heterocycles. The van der Waals surface area contributed by atoms with Crippen LogP contribution in [0.25, 0.3) is 10.2 Å². The first-order valence-electron chi connectivity index (χ1n) is 8.16. The fraction of sp³-hybridized carbons (Fsp3) is 0.278. The highest BCUT2D eigenvalue weighted by atomic mass is 79.9. The van der Waals surface area contributed by atoms with Crippen LogP contribution in [0.1, 0.15) is 26.6 Å². The van der Waals surface area contributed by atoms with Gasteiger partial charge in [-0.2, -0.15) is 18.2 Å². The second kappa shape index (κ2) is 8.25. The summed E-state index contributed by atoms with van der Waals surface area (Å²) in [6.07, 6.45) is -4.55. The zero-order chi connectivity index (χ0) is 21.3. The molecule has 2 heterocycles. The molecule has 0 bridgehead atoms. The van der Waals surface area contributed by atoms with E-state index in [-0.39, 0.29) is 16.8 Å². The number of nitrogens with one attached hydrogen (secondary N) is 1. The predicted octanol–water partition coefficient (Wildman–Crippen LogP) is 5.19. The Hall–Kier alpha value is -2.24. The zero-order valence-corrected chi connectivity index (χ0v) is 17.9. The van der Waals surface area contributed by atoms with Gasteiger partial charge in [0.1, 0.15) is 11.4 Å².